The van der Waals surface area contributed by atoms with Crippen molar-refractivity contribution < 1.29 is 8.91 Å². The smallest absolute Gasteiger partial charge is 0.177 e. The Kier molecular flexibility index (Phi) is 3.22. The third-order valence-corrected chi connectivity index (χ3v) is 3.36. The van der Waals surface area contributed by atoms with Crippen LogP contribution in [0.2, 0.25) is 0 Å². The van der Waals surface area contributed by atoms with Gasteiger partial charge in [0.25, 0.3) is 0 Å². The lowest BCUT2D eigenvalue weighted by molar-refractivity contribution is 0.435. The van der Waals surface area contributed by atoms with Gasteiger partial charge in [-0.3, -0.25) is 0 Å². The van der Waals surface area contributed by atoms with Crippen molar-refractivity contribution in [3.05, 3.63) is 59.4 Å². The number of nitrogens with two attached hydrogens (primary N) is 1. The topological polar surface area (TPSA) is 52.0 Å². The Bertz CT molecular complexity index is 771. The van der Waals surface area contributed by atoms with E-state index in [0.717, 1.165) is 16.7 Å². The molecule has 0 saturated carbocycles. The van der Waals surface area contributed by atoms with Gasteiger partial charge < -0.3 is 10.3 Å². The summed E-state index contributed by atoms with van der Waals surface area (Å²) in [5.41, 5.74) is 10.1. The highest BCUT2D eigenvalue weighted by molar-refractivity contribution is 5.86. The molecule has 0 aliphatic rings. The molecule has 0 spiro atoms. The number of hydrogen-bond acceptors (Lipinski definition) is 3. The SMILES string of the molecule is Cc1ccc(-c2c(N)noc2-c2cc(C)cc(F)c2)cc1. The Balaban J connectivity index is 2.19. The first-order valence-corrected chi connectivity index (χ1v) is 6.64. The van der Waals surface area contributed by atoms with E-state index >= 15 is 0 Å². The van der Waals surface area contributed by atoms with E-state index in [1.807, 2.05) is 44.2 Å². The second-order valence-electron chi connectivity index (χ2n) is 5.16. The van der Waals surface area contributed by atoms with Gasteiger partial charge in [-0.2, -0.15) is 0 Å². The van der Waals surface area contributed by atoms with Gasteiger partial charge in [0, 0.05) is 5.56 Å². The van der Waals surface area contributed by atoms with Gasteiger partial charge in [0.1, 0.15) is 5.82 Å². The summed E-state index contributed by atoms with van der Waals surface area (Å²) >= 11 is 0. The van der Waals surface area contributed by atoms with E-state index in [1.165, 1.54) is 12.1 Å². The Morgan fingerprint density at radius 2 is 1.67 bits per heavy atom. The third-order valence-electron chi connectivity index (χ3n) is 3.36. The summed E-state index contributed by atoms with van der Waals surface area (Å²) in [5, 5.41) is 3.83. The minimum Gasteiger partial charge on any atom is -0.380 e. The number of benzene rings is 2. The molecule has 4 heteroatoms. The zero-order valence-corrected chi connectivity index (χ0v) is 11.9. The lowest BCUT2D eigenvalue weighted by Gasteiger charge is -2.05. The summed E-state index contributed by atoms with van der Waals surface area (Å²) in [4.78, 5) is 0. The van der Waals surface area contributed by atoms with Gasteiger partial charge in [-0.25, -0.2) is 4.39 Å². The van der Waals surface area contributed by atoms with Crippen LogP contribution < -0.4 is 5.73 Å². The number of halogens is 1. The number of hydrogen-bond donors (Lipinski definition) is 1. The molecular formula is C17H15FN2O. The summed E-state index contributed by atoms with van der Waals surface area (Å²) < 4.78 is 18.9. The molecule has 0 bridgehead atoms. The van der Waals surface area contributed by atoms with Gasteiger partial charge in [0.05, 0.1) is 5.56 Å². The van der Waals surface area contributed by atoms with E-state index in [9.17, 15) is 4.39 Å². The highest BCUT2D eigenvalue weighted by atomic mass is 19.1. The first-order chi connectivity index (χ1) is 10.0. The summed E-state index contributed by atoms with van der Waals surface area (Å²) in [7, 11) is 0. The summed E-state index contributed by atoms with van der Waals surface area (Å²) in [5.74, 6) is 0.476. The molecule has 106 valence electrons. The Hall–Kier alpha value is -2.62. The van der Waals surface area contributed by atoms with Crippen molar-refractivity contribution in [2.45, 2.75) is 13.8 Å². The predicted octanol–water partition coefficient (Wildman–Crippen LogP) is 4.35. The lowest BCUT2D eigenvalue weighted by atomic mass is 9.99. The number of anilines is 1. The molecule has 0 aliphatic heterocycles. The summed E-state index contributed by atoms with van der Waals surface area (Å²) in [6.45, 7) is 3.84. The highest BCUT2D eigenvalue weighted by Crippen LogP contribution is 2.37. The third kappa shape index (κ3) is 2.52. The van der Waals surface area contributed by atoms with E-state index in [-0.39, 0.29) is 5.82 Å². The normalized spacial score (nSPS) is 10.8. The van der Waals surface area contributed by atoms with E-state index in [0.29, 0.717) is 22.7 Å². The Morgan fingerprint density at radius 3 is 2.33 bits per heavy atom. The van der Waals surface area contributed by atoms with E-state index in [4.69, 9.17) is 10.3 Å². The number of aryl methyl sites for hydroxylation is 2. The van der Waals surface area contributed by atoms with Gasteiger partial charge in [-0.05, 0) is 43.2 Å². The van der Waals surface area contributed by atoms with Gasteiger partial charge in [-0.15, -0.1) is 0 Å². The van der Waals surface area contributed by atoms with Crippen molar-refractivity contribution in [2.75, 3.05) is 5.73 Å². The fourth-order valence-corrected chi connectivity index (χ4v) is 2.37. The second-order valence-corrected chi connectivity index (χ2v) is 5.16. The zero-order valence-electron chi connectivity index (χ0n) is 11.9. The van der Waals surface area contributed by atoms with Gasteiger partial charge in [0.15, 0.2) is 11.6 Å². The van der Waals surface area contributed by atoms with Crippen molar-refractivity contribution in [1.82, 2.24) is 5.16 Å². The Labute approximate surface area is 122 Å². The molecule has 0 amide bonds. The molecule has 0 atom stereocenters. The molecule has 3 aromatic rings. The average Bonchev–Trinajstić information content (AvgIpc) is 2.80. The lowest BCUT2D eigenvalue weighted by Crippen LogP contribution is -1.90. The monoisotopic (exact) mass is 282 g/mol. The number of aromatic nitrogens is 1. The maximum Gasteiger partial charge on any atom is 0.177 e. The molecule has 1 heterocycles. The van der Waals surface area contributed by atoms with Crippen LogP contribution in [-0.4, -0.2) is 5.16 Å². The fourth-order valence-electron chi connectivity index (χ4n) is 2.37. The molecule has 2 N–H and O–H groups in total. The molecule has 2 aromatic carbocycles. The number of rotatable bonds is 2. The van der Waals surface area contributed by atoms with Crippen molar-refractivity contribution in [1.29, 1.82) is 0 Å². The quantitative estimate of drug-likeness (QED) is 0.760. The van der Waals surface area contributed by atoms with E-state index in [2.05, 4.69) is 5.16 Å². The standard InChI is InChI=1S/C17H15FN2O/c1-10-3-5-12(6-4-10)15-16(21-20-17(15)19)13-7-11(2)8-14(18)9-13/h3-9H,1-2H3,(H2,19,20). The number of nitrogens with zero attached hydrogens (tertiary/aromatic N) is 1. The van der Waals surface area contributed by atoms with Gasteiger partial charge in [0.2, 0.25) is 0 Å². The molecule has 0 unspecified atom stereocenters. The van der Waals surface area contributed by atoms with Crippen LogP contribution >= 0.6 is 0 Å². The van der Waals surface area contributed by atoms with Gasteiger partial charge >= 0.3 is 0 Å². The van der Waals surface area contributed by atoms with Crippen molar-refractivity contribution in [2.24, 2.45) is 0 Å². The summed E-state index contributed by atoms with van der Waals surface area (Å²) in [6.07, 6.45) is 0. The summed E-state index contributed by atoms with van der Waals surface area (Å²) in [6, 6.07) is 12.6. The molecule has 0 fully saturated rings. The maximum absolute atomic E-state index is 13.6. The van der Waals surface area contributed by atoms with E-state index in [1.54, 1.807) is 0 Å². The fraction of sp³-hybridized carbons (Fsp3) is 0.118. The largest absolute Gasteiger partial charge is 0.380 e. The average molecular weight is 282 g/mol. The predicted molar refractivity (Wildman–Crippen MR) is 81.2 cm³/mol. The molecule has 0 saturated heterocycles. The Morgan fingerprint density at radius 1 is 0.952 bits per heavy atom. The molecule has 0 radical (unpaired) electrons. The van der Waals surface area contributed by atoms with Crippen LogP contribution in [0.3, 0.4) is 0 Å². The second kappa shape index (κ2) is 5.05. The van der Waals surface area contributed by atoms with Crippen LogP contribution in [0.5, 0.6) is 0 Å². The molecule has 21 heavy (non-hydrogen) atoms. The molecular weight excluding hydrogens is 267 g/mol. The first-order valence-electron chi connectivity index (χ1n) is 6.64. The van der Waals surface area contributed by atoms with Crippen LogP contribution in [0, 0.1) is 19.7 Å². The zero-order chi connectivity index (χ0) is 15.0. The van der Waals surface area contributed by atoms with Crippen LogP contribution in [0.25, 0.3) is 22.5 Å². The van der Waals surface area contributed by atoms with Crippen LogP contribution in [0.1, 0.15) is 11.1 Å². The van der Waals surface area contributed by atoms with Crippen molar-refractivity contribution in [3.8, 4) is 22.5 Å². The van der Waals surface area contributed by atoms with Crippen LogP contribution in [-0.2, 0) is 0 Å². The maximum atomic E-state index is 13.6. The van der Waals surface area contributed by atoms with Crippen LogP contribution in [0.15, 0.2) is 47.0 Å². The van der Waals surface area contributed by atoms with Crippen molar-refractivity contribution >= 4 is 5.82 Å². The molecule has 3 rings (SSSR count). The van der Waals surface area contributed by atoms with Crippen molar-refractivity contribution in [3.63, 3.8) is 0 Å². The first kappa shape index (κ1) is 13.4. The minimum atomic E-state index is -0.310. The van der Waals surface area contributed by atoms with Crippen LogP contribution in [0.4, 0.5) is 10.2 Å². The molecule has 3 nitrogen and oxygen atoms in total. The van der Waals surface area contributed by atoms with E-state index < -0.39 is 0 Å². The number of nitrogen functional groups attached to an aromatic ring is 1. The molecule has 1 aromatic heterocycles. The molecule has 0 aliphatic carbocycles. The van der Waals surface area contributed by atoms with Gasteiger partial charge in [-0.1, -0.05) is 35.0 Å². The minimum absolute atomic E-state index is 0.302. The highest BCUT2D eigenvalue weighted by Gasteiger charge is 2.18.